The summed E-state index contributed by atoms with van der Waals surface area (Å²) < 4.78 is 4.93. The van der Waals surface area contributed by atoms with Gasteiger partial charge in [0.15, 0.2) is 0 Å². The zero-order chi connectivity index (χ0) is 15.0. The van der Waals surface area contributed by atoms with Gasteiger partial charge in [-0.1, -0.05) is 25.1 Å². The Morgan fingerprint density at radius 3 is 2.60 bits per heavy atom. The fraction of sp³-hybridized carbons (Fsp3) is 0.375. The molecular formula is C16H21NO3. The number of nitrogens with one attached hydrogen (secondary N) is 1. The Kier molecular flexibility index (Phi) is 6.50. The Bertz CT molecular complexity index is 506. The lowest BCUT2D eigenvalue weighted by molar-refractivity contribution is -0.138. The third kappa shape index (κ3) is 4.53. The van der Waals surface area contributed by atoms with Gasteiger partial charge < -0.3 is 10.1 Å². The highest BCUT2D eigenvalue weighted by atomic mass is 16.5. The first-order chi connectivity index (χ1) is 9.60. The lowest BCUT2D eigenvalue weighted by Crippen LogP contribution is -2.24. The van der Waals surface area contributed by atoms with Crippen LogP contribution in [0.1, 0.15) is 43.1 Å². The van der Waals surface area contributed by atoms with Crippen molar-refractivity contribution in [3.05, 3.63) is 41.0 Å². The summed E-state index contributed by atoms with van der Waals surface area (Å²) in [6.45, 7) is 6.41. The first kappa shape index (κ1) is 16.0. The summed E-state index contributed by atoms with van der Waals surface area (Å²) in [4.78, 5) is 23.7. The zero-order valence-corrected chi connectivity index (χ0v) is 12.2. The number of benzene rings is 1. The Morgan fingerprint density at radius 2 is 1.95 bits per heavy atom. The van der Waals surface area contributed by atoms with E-state index in [1.807, 2.05) is 19.1 Å². The molecule has 4 heteroatoms. The van der Waals surface area contributed by atoms with E-state index in [2.05, 4.69) is 5.32 Å². The third-order valence-corrected chi connectivity index (χ3v) is 2.71. The van der Waals surface area contributed by atoms with Crippen molar-refractivity contribution < 1.29 is 14.3 Å². The van der Waals surface area contributed by atoms with Crippen LogP contribution in [0.5, 0.6) is 0 Å². The second kappa shape index (κ2) is 8.15. The molecule has 0 aliphatic rings. The molecule has 0 fully saturated rings. The zero-order valence-electron chi connectivity index (χ0n) is 12.2. The summed E-state index contributed by atoms with van der Waals surface area (Å²) in [5, 5.41) is 2.83. The Morgan fingerprint density at radius 1 is 1.25 bits per heavy atom. The molecule has 0 heterocycles. The molecule has 0 saturated carbocycles. The lowest BCUT2D eigenvalue weighted by Gasteiger charge is -2.08. The maximum absolute atomic E-state index is 12.0. The number of carbonyl (C=O) groups excluding carboxylic acids is 2. The smallest absolute Gasteiger partial charge is 0.333 e. The minimum Gasteiger partial charge on any atom is -0.463 e. The minimum atomic E-state index is -0.365. The van der Waals surface area contributed by atoms with E-state index in [9.17, 15) is 9.59 Å². The quantitative estimate of drug-likeness (QED) is 0.641. The predicted molar refractivity (Wildman–Crippen MR) is 79.4 cm³/mol. The number of rotatable bonds is 6. The molecule has 1 amide bonds. The number of amides is 1. The van der Waals surface area contributed by atoms with Crippen molar-refractivity contribution in [2.24, 2.45) is 0 Å². The van der Waals surface area contributed by atoms with Crippen LogP contribution in [0.3, 0.4) is 0 Å². The van der Waals surface area contributed by atoms with Gasteiger partial charge in [-0.25, -0.2) is 4.79 Å². The van der Waals surface area contributed by atoms with Crippen molar-refractivity contribution in [1.82, 2.24) is 5.32 Å². The molecule has 20 heavy (non-hydrogen) atoms. The molecule has 4 nitrogen and oxygen atoms in total. The highest BCUT2D eigenvalue weighted by Crippen LogP contribution is 2.14. The molecule has 1 rings (SSSR count). The number of ether oxygens (including phenoxy) is 1. The molecule has 0 aliphatic heterocycles. The van der Waals surface area contributed by atoms with Crippen LogP contribution in [0.15, 0.2) is 29.8 Å². The number of carbonyl (C=O) groups is 2. The molecule has 1 aromatic carbocycles. The largest absolute Gasteiger partial charge is 0.463 e. The van der Waals surface area contributed by atoms with Crippen molar-refractivity contribution in [3.63, 3.8) is 0 Å². The van der Waals surface area contributed by atoms with E-state index in [0.29, 0.717) is 29.9 Å². The van der Waals surface area contributed by atoms with Gasteiger partial charge in [-0.3, -0.25) is 4.79 Å². The van der Waals surface area contributed by atoms with Gasteiger partial charge in [0.25, 0.3) is 5.91 Å². The van der Waals surface area contributed by atoms with Gasteiger partial charge in [0.1, 0.15) is 0 Å². The van der Waals surface area contributed by atoms with Crippen molar-refractivity contribution in [3.8, 4) is 0 Å². The third-order valence-electron chi connectivity index (χ3n) is 2.71. The van der Waals surface area contributed by atoms with Gasteiger partial charge in [0.05, 0.1) is 6.61 Å². The topological polar surface area (TPSA) is 55.4 Å². The van der Waals surface area contributed by atoms with Crippen LogP contribution in [0.2, 0.25) is 0 Å². The molecule has 0 aromatic heterocycles. The monoisotopic (exact) mass is 275 g/mol. The average molecular weight is 275 g/mol. The first-order valence-electron chi connectivity index (χ1n) is 6.82. The highest BCUT2D eigenvalue weighted by Gasteiger charge is 2.11. The molecule has 0 bridgehead atoms. The molecule has 108 valence electrons. The number of hydrogen-bond acceptors (Lipinski definition) is 3. The van der Waals surface area contributed by atoms with Crippen molar-refractivity contribution >= 4 is 18.0 Å². The number of esters is 1. The Labute approximate surface area is 119 Å². The molecule has 0 aliphatic carbocycles. The van der Waals surface area contributed by atoms with Crippen LogP contribution in [0.4, 0.5) is 0 Å². The van der Waals surface area contributed by atoms with Crippen LogP contribution in [0.25, 0.3) is 6.08 Å². The molecule has 1 N–H and O–H groups in total. The molecule has 0 saturated heterocycles. The molecular weight excluding hydrogens is 254 g/mol. The maximum atomic E-state index is 12.0. The van der Waals surface area contributed by atoms with E-state index in [1.165, 1.54) is 0 Å². The summed E-state index contributed by atoms with van der Waals surface area (Å²) in [5.41, 5.74) is 1.75. The number of hydrogen-bond donors (Lipinski definition) is 1. The van der Waals surface area contributed by atoms with Crippen molar-refractivity contribution in [1.29, 1.82) is 0 Å². The standard InChI is InChI=1S/C16H21NO3/c1-4-10-17-15(18)14-9-7-6-8-13(14)11-12(3)16(19)20-5-2/h6-9,11H,4-5,10H2,1-3H3,(H,17,18)/b12-11+. The SMILES string of the molecule is CCCNC(=O)c1ccccc1/C=C(\C)C(=O)OCC. The second-order valence-corrected chi connectivity index (χ2v) is 4.39. The maximum Gasteiger partial charge on any atom is 0.333 e. The molecule has 0 atom stereocenters. The van der Waals surface area contributed by atoms with Gasteiger partial charge in [0, 0.05) is 17.7 Å². The van der Waals surface area contributed by atoms with E-state index in [4.69, 9.17) is 4.74 Å². The van der Waals surface area contributed by atoms with Crippen molar-refractivity contribution in [2.45, 2.75) is 27.2 Å². The fourth-order valence-corrected chi connectivity index (χ4v) is 1.70. The van der Waals surface area contributed by atoms with E-state index < -0.39 is 0 Å². The molecule has 0 unspecified atom stereocenters. The predicted octanol–water partition coefficient (Wildman–Crippen LogP) is 2.79. The van der Waals surface area contributed by atoms with Crippen LogP contribution < -0.4 is 5.32 Å². The van der Waals surface area contributed by atoms with Crippen LogP contribution in [-0.4, -0.2) is 25.0 Å². The van der Waals surface area contributed by atoms with E-state index >= 15 is 0 Å². The highest BCUT2D eigenvalue weighted by molar-refractivity contribution is 6.00. The van der Waals surface area contributed by atoms with E-state index in [0.717, 1.165) is 6.42 Å². The fourth-order valence-electron chi connectivity index (χ4n) is 1.70. The second-order valence-electron chi connectivity index (χ2n) is 4.39. The summed E-state index contributed by atoms with van der Waals surface area (Å²) >= 11 is 0. The normalized spacial score (nSPS) is 11.1. The van der Waals surface area contributed by atoms with E-state index in [-0.39, 0.29) is 11.9 Å². The van der Waals surface area contributed by atoms with Crippen LogP contribution in [-0.2, 0) is 9.53 Å². The van der Waals surface area contributed by atoms with Crippen molar-refractivity contribution in [2.75, 3.05) is 13.2 Å². The van der Waals surface area contributed by atoms with E-state index in [1.54, 1.807) is 32.1 Å². The molecule has 0 spiro atoms. The average Bonchev–Trinajstić information content (AvgIpc) is 2.45. The van der Waals surface area contributed by atoms with Gasteiger partial charge in [-0.2, -0.15) is 0 Å². The minimum absolute atomic E-state index is 0.129. The Balaban J connectivity index is 2.98. The molecule has 0 radical (unpaired) electrons. The van der Waals surface area contributed by atoms with Gasteiger partial charge in [-0.05, 0) is 38.0 Å². The first-order valence-corrected chi connectivity index (χ1v) is 6.82. The van der Waals surface area contributed by atoms with Gasteiger partial charge >= 0.3 is 5.97 Å². The van der Waals surface area contributed by atoms with Gasteiger partial charge in [0.2, 0.25) is 0 Å². The Hall–Kier alpha value is -2.10. The molecule has 1 aromatic rings. The lowest BCUT2D eigenvalue weighted by atomic mass is 10.0. The summed E-state index contributed by atoms with van der Waals surface area (Å²) in [5.74, 6) is -0.494. The van der Waals surface area contributed by atoms with Crippen LogP contribution >= 0.6 is 0 Å². The van der Waals surface area contributed by atoms with Crippen LogP contribution in [0, 0.1) is 0 Å². The summed E-state index contributed by atoms with van der Waals surface area (Å²) in [6.07, 6.45) is 2.56. The summed E-state index contributed by atoms with van der Waals surface area (Å²) in [7, 11) is 0. The van der Waals surface area contributed by atoms with Gasteiger partial charge in [-0.15, -0.1) is 0 Å². The summed E-state index contributed by atoms with van der Waals surface area (Å²) in [6, 6.07) is 7.19.